The number of aryl methyl sites for hydroxylation is 1. The fourth-order valence-electron chi connectivity index (χ4n) is 3.21. The maximum atomic E-state index is 11.0. The molecule has 0 fully saturated rings. The molecule has 0 amide bonds. The molecule has 0 aliphatic heterocycles. The molecule has 24 heavy (non-hydrogen) atoms. The molecule has 1 N–H and O–H groups in total. The summed E-state index contributed by atoms with van der Waals surface area (Å²) in [7, 11) is 0. The molecule has 1 aromatic carbocycles. The molecule has 0 radical (unpaired) electrons. The first-order valence-electron chi connectivity index (χ1n) is 7.76. The number of halogens is 2. The van der Waals surface area contributed by atoms with E-state index in [-0.39, 0.29) is 63.3 Å². The maximum Gasteiger partial charge on any atom is 2.00 e. The zero-order valence-corrected chi connectivity index (χ0v) is 18.7. The van der Waals surface area contributed by atoms with Crippen LogP contribution in [0.2, 0.25) is 0 Å². The fraction of sp³-hybridized carbons (Fsp3) is 0.500. The van der Waals surface area contributed by atoms with Gasteiger partial charge in [0.15, 0.2) is 0 Å². The van der Waals surface area contributed by atoms with Crippen molar-refractivity contribution in [3.63, 3.8) is 0 Å². The predicted molar refractivity (Wildman–Crippen MR) is 91.3 cm³/mol. The summed E-state index contributed by atoms with van der Waals surface area (Å²) in [6, 6.07) is 2.17. The number of aromatic hydroxyl groups is 1. The van der Waals surface area contributed by atoms with Gasteiger partial charge >= 0.3 is 21.7 Å². The molecule has 0 spiro atoms. The minimum atomic E-state index is -0.0876. The van der Waals surface area contributed by atoms with Crippen molar-refractivity contribution in [2.45, 2.75) is 65.2 Å². The summed E-state index contributed by atoms with van der Waals surface area (Å²) in [6.45, 7) is 15.2. The van der Waals surface area contributed by atoms with Crippen LogP contribution in [-0.4, -0.2) is 5.11 Å². The van der Waals surface area contributed by atoms with Gasteiger partial charge in [-0.1, -0.05) is 71.9 Å². The molecule has 0 saturated carbocycles. The SMILES string of the molecule is Cc1cc(C(C)(C)C)c(O)c(C(C)(C)C)c1C1C=CC=C1.[Cl-].[Cl-].[Ti+2]. The van der Waals surface area contributed by atoms with Gasteiger partial charge in [-0.05, 0) is 34.4 Å². The number of hydrogen-bond donors (Lipinski definition) is 1. The van der Waals surface area contributed by atoms with Gasteiger partial charge in [-0.25, -0.2) is 0 Å². The van der Waals surface area contributed by atoms with Crippen LogP contribution in [0.4, 0.5) is 0 Å². The summed E-state index contributed by atoms with van der Waals surface area (Å²) in [6.07, 6.45) is 8.58. The predicted octanol–water partition coefficient (Wildman–Crippen LogP) is -0.489. The van der Waals surface area contributed by atoms with Gasteiger partial charge in [0.25, 0.3) is 0 Å². The quantitative estimate of drug-likeness (QED) is 0.628. The molecular weight excluding hydrogens is 375 g/mol. The van der Waals surface area contributed by atoms with Crippen molar-refractivity contribution in [1.82, 2.24) is 0 Å². The number of allylic oxidation sites excluding steroid dienone is 4. The first kappa shape index (κ1) is 26.0. The van der Waals surface area contributed by atoms with Gasteiger partial charge in [-0.2, -0.15) is 0 Å². The Balaban J connectivity index is 0. The molecule has 1 nitrogen and oxygen atoms in total. The summed E-state index contributed by atoms with van der Waals surface area (Å²) < 4.78 is 0. The van der Waals surface area contributed by atoms with Crippen molar-refractivity contribution >= 4 is 0 Å². The molecule has 2 rings (SSSR count). The normalized spacial score (nSPS) is 14.0. The van der Waals surface area contributed by atoms with Crippen LogP contribution in [-0.2, 0) is 32.5 Å². The van der Waals surface area contributed by atoms with Crippen molar-refractivity contribution < 1.29 is 51.6 Å². The Morgan fingerprint density at radius 2 is 1.33 bits per heavy atom. The standard InChI is InChI=1S/C20H28O.2ClH.Ti/c1-13-12-15(19(2,3)4)18(21)17(20(5,6)7)16(13)14-10-8-9-11-14;;;/h8-12,14,21H,1-7H3;2*1H;/q;;;+2/p-2. The van der Waals surface area contributed by atoms with E-state index >= 15 is 0 Å². The summed E-state index contributed by atoms with van der Waals surface area (Å²) in [4.78, 5) is 0. The van der Waals surface area contributed by atoms with Gasteiger partial charge < -0.3 is 29.9 Å². The average molecular weight is 403 g/mol. The van der Waals surface area contributed by atoms with E-state index in [1.165, 1.54) is 11.1 Å². The smallest absolute Gasteiger partial charge is 1.00 e. The van der Waals surface area contributed by atoms with Crippen LogP contribution in [0, 0.1) is 6.92 Å². The monoisotopic (exact) mass is 402 g/mol. The van der Waals surface area contributed by atoms with Crippen LogP contribution in [0.5, 0.6) is 5.75 Å². The van der Waals surface area contributed by atoms with Gasteiger partial charge in [0, 0.05) is 11.5 Å². The molecule has 1 aliphatic carbocycles. The minimum Gasteiger partial charge on any atom is -1.00 e. The van der Waals surface area contributed by atoms with E-state index in [2.05, 4.69) is 78.8 Å². The zero-order valence-electron chi connectivity index (χ0n) is 15.7. The maximum absolute atomic E-state index is 11.0. The van der Waals surface area contributed by atoms with Gasteiger partial charge in [0.2, 0.25) is 0 Å². The van der Waals surface area contributed by atoms with Crippen LogP contribution in [0.3, 0.4) is 0 Å². The Labute approximate surface area is 174 Å². The van der Waals surface area contributed by atoms with Crippen molar-refractivity contribution in [3.8, 4) is 5.75 Å². The molecular formula is C20H28Cl2OTi. The molecule has 0 unspecified atom stereocenters. The molecule has 0 aromatic heterocycles. The van der Waals surface area contributed by atoms with Crippen LogP contribution in [0.25, 0.3) is 0 Å². The van der Waals surface area contributed by atoms with Crippen molar-refractivity contribution in [2.24, 2.45) is 0 Å². The first-order chi connectivity index (χ1) is 9.53. The van der Waals surface area contributed by atoms with Gasteiger partial charge in [-0.15, -0.1) is 0 Å². The molecule has 4 heteroatoms. The second-order valence-corrected chi connectivity index (χ2v) is 8.17. The number of rotatable bonds is 1. The number of hydrogen-bond acceptors (Lipinski definition) is 1. The van der Waals surface area contributed by atoms with Crippen molar-refractivity contribution in [2.75, 3.05) is 0 Å². The average Bonchev–Trinajstić information content (AvgIpc) is 2.81. The topological polar surface area (TPSA) is 20.2 Å². The van der Waals surface area contributed by atoms with Crippen molar-refractivity contribution in [3.05, 3.63) is 52.6 Å². The number of benzene rings is 1. The molecule has 0 heterocycles. The molecule has 132 valence electrons. The van der Waals surface area contributed by atoms with Gasteiger partial charge in [-0.3, -0.25) is 0 Å². The number of phenolic OH excluding ortho intramolecular Hbond substituents is 1. The van der Waals surface area contributed by atoms with E-state index in [0.29, 0.717) is 5.75 Å². The summed E-state index contributed by atoms with van der Waals surface area (Å²) in [5.74, 6) is 0.753. The Morgan fingerprint density at radius 1 is 0.875 bits per heavy atom. The Bertz CT molecular complexity index is 608. The Morgan fingerprint density at radius 3 is 1.71 bits per heavy atom. The van der Waals surface area contributed by atoms with Crippen molar-refractivity contribution in [1.29, 1.82) is 0 Å². The summed E-state index contributed by atoms with van der Waals surface area (Å²) in [5.41, 5.74) is 4.51. The molecule has 1 aliphatic rings. The Hall–Kier alpha value is -0.206. The van der Waals surface area contributed by atoms with E-state index in [9.17, 15) is 5.11 Å². The molecule has 1 aromatic rings. The van der Waals surface area contributed by atoms with E-state index in [0.717, 1.165) is 11.1 Å². The molecule has 0 atom stereocenters. The van der Waals surface area contributed by atoms with Crippen LogP contribution in [0.1, 0.15) is 69.7 Å². The fourth-order valence-corrected chi connectivity index (χ4v) is 3.21. The van der Waals surface area contributed by atoms with Gasteiger partial charge in [0.05, 0.1) is 0 Å². The summed E-state index contributed by atoms with van der Waals surface area (Å²) >= 11 is 0. The largest absolute Gasteiger partial charge is 2.00 e. The zero-order chi connectivity index (χ0) is 16.0. The summed E-state index contributed by atoms with van der Waals surface area (Å²) in [5, 5.41) is 11.0. The number of phenols is 1. The van der Waals surface area contributed by atoms with Crippen LogP contribution in [0.15, 0.2) is 30.4 Å². The third-order valence-corrected chi connectivity index (χ3v) is 4.19. The molecule has 0 bridgehead atoms. The molecule has 0 saturated heterocycles. The van der Waals surface area contributed by atoms with E-state index in [1.807, 2.05) is 0 Å². The van der Waals surface area contributed by atoms with Crippen LogP contribution < -0.4 is 24.8 Å². The van der Waals surface area contributed by atoms with Crippen LogP contribution >= 0.6 is 0 Å². The Kier molecular flexibility index (Phi) is 9.70. The second kappa shape index (κ2) is 8.94. The minimum absolute atomic E-state index is 0. The first-order valence-corrected chi connectivity index (χ1v) is 7.76. The third kappa shape index (κ3) is 5.15. The third-order valence-electron chi connectivity index (χ3n) is 4.19. The van der Waals surface area contributed by atoms with E-state index < -0.39 is 0 Å². The van der Waals surface area contributed by atoms with Gasteiger partial charge in [0.1, 0.15) is 5.75 Å². The van der Waals surface area contributed by atoms with E-state index in [4.69, 9.17) is 0 Å². The second-order valence-electron chi connectivity index (χ2n) is 8.17. The van der Waals surface area contributed by atoms with E-state index in [1.54, 1.807) is 0 Å².